The van der Waals surface area contributed by atoms with Crippen molar-refractivity contribution in [1.82, 2.24) is 10.4 Å². The number of rotatable bonds is 3. The van der Waals surface area contributed by atoms with Gasteiger partial charge in [0.2, 0.25) is 0 Å². The van der Waals surface area contributed by atoms with Crippen molar-refractivity contribution < 1.29 is 0 Å². The van der Waals surface area contributed by atoms with Gasteiger partial charge in [0.1, 0.15) is 0 Å². The van der Waals surface area contributed by atoms with Gasteiger partial charge in [-0.25, -0.2) is 5.01 Å². The highest BCUT2D eigenvalue weighted by molar-refractivity contribution is 6.31. The zero-order valence-electron chi connectivity index (χ0n) is 9.75. The number of piperidine rings is 1. The first kappa shape index (κ1) is 12.4. The molecule has 1 saturated heterocycles. The third-order valence-electron chi connectivity index (χ3n) is 3.03. The molecule has 4 heteroatoms. The third kappa shape index (κ3) is 3.44. The molecule has 0 saturated carbocycles. The largest absolute Gasteiger partial charge is 0.251 e. The lowest BCUT2D eigenvalue weighted by Gasteiger charge is -2.27. The number of hydrogen-bond acceptors (Lipinski definition) is 3. The van der Waals surface area contributed by atoms with E-state index in [0.717, 1.165) is 25.2 Å². The molecule has 1 aliphatic rings. The SMILES string of the molecule is N#Cc1ccc(CNN2CCCCC2)c(Cl)c1. The van der Waals surface area contributed by atoms with Crippen molar-refractivity contribution in [2.24, 2.45) is 0 Å². The Kier molecular flexibility index (Phi) is 4.38. The van der Waals surface area contributed by atoms with Crippen LogP contribution in [0, 0.1) is 11.3 Å². The molecule has 1 aromatic carbocycles. The second-order valence-electron chi connectivity index (χ2n) is 4.30. The molecule has 1 heterocycles. The molecule has 90 valence electrons. The molecule has 0 radical (unpaired) electrons. The van der Waals surface area contributed by atoms with E-state index >= 15 is 0 Å². The Morgan fingerprint density at radius 3 is 2.71 bits per heavy atom. The highest BCUT2D eigenvalue weighted by atomic mass is 35.5. The molecule has 17 heavy (non-hydrogen) atoms. The van der Waals surface area contributed by atoms with Crippen LogP contribution in [0.15, 0.2) is 18.2 Å². The molecule has 0 unspecified atom stereocenters. The van der Waals surface area contributed by atoms with Crippen LogP contribution in [0.2, 0.25) is 5.02 Å². The van der Waals surface area contributed by atoms with E-state index in [0.29, 0.717) is 10.6 Å². The number of nitriles is 1. The molecule has 1 aromatic rings. The predicted molar refractivity (Wildman–Crippen MR) is 68.4 cm³/mol. The van der Waals surface area contributed by atoms with E-state index in [-0.39, 0.29) is 0 Å². The summed E-state index contributed by atoms with van der Waals surface area (Å²) in [5, 5.41) is 11.7. The zero-order chi connectivity index (χ0) is 12.1. The van der Waals surface area contributed by atoms with Gasteiger partial charge in [0.15, 0.2) is 0 Å². The second kappa shape index (κ2) is 6.02. The lowest BCUT2D eigenvalue weighted by atomic mass is 10.1. The number of halogens is 1. The van der Waals surface area contributed by atoms with Crippen LogP contribution in [-0.2, 0) is 6.54 Å². The van der Waals surface area contributed by atoms with Crippen LogP contribution in [0.25, 0.3) is 0 Å². The van der Waals surface area contributed by atoms with Crippen molar-refractivity contribution in [3.8, 4) is 6.07 Å². The molecule has 0 spiro atoms. The first-order chi connectivity index (χ1) is 8.29. The van der Waals surface area contributed by atoms with Gasteiger partial charge in [0.05, 0.1) is 11.6 Å². The molecule has 1 fully saturated rings. The van der Waals surface area contributed by atoms with Crippen molar-refractivity contribution >= 4 is 11.6 Å². The van der Waals surface area contributed by atoms with Gasteiger partial charge in [-0.15, -0.1) is 0 Å². The van der Waals surface area contributed by atoms with Gasteiger partial charge >= 0.3 is 0 Å². The fourth-order valence-electron chi connectivity index (χ4n) is 2.01. The number of hydrogen-bond donors (Lipinski definition) is 1. The summed E-state index contributed by atoms with van der Waals surface area (Å²) in [4.78, 5) is 0. The average Bonchev–Trinajstić information content (AvgIpc) is 2.38. The molecule has 1 aliphatic heterocycles. The maximum Gasteiger partial charge on any atom is 0.0992 e. The van der Waals surface area contributed by atoms with Crippen molar-refractivity contribution in [3.05, 3.63) is 34.3 Å². The summed E-state index contributed by atoms with van der Waals surface area (Å²) in [6, 6.07) is 7.52. The minimum Gasteiger partial charge on any atom is -0.251 e. The van der Waals surface area contributed by atoms with Crippen LogP contribution in [0.5, 0.6) is 0 Å². The quantitative estimate of drug-likeness (QED) is 0.895. The fraction of sp³-hybridized carbons (Fsp3) is 0.462. The van der Waals surface area contributed by atoms with E-state index < -0.39 is 0 Å². The van der Waals surface area contributed by atoms with Gasteiger partial charge in [-0.05, 0) is 30.5 Å². The van der Waals surface area contributed by atoms with E-state index in [2.05, 4.69) is 16.5 Å². The maximum absolute atomic E-state index is 8.75. The van der Waals surface area contributed by atoms with Crippen molar-refractivity contribution in [1.29, 1.82) is 5.26 Å². The summed E-state index contributed by atoms with van der Waals surface area (Å²) in [6.45, 7) is 2.94. The first-order valence-electron chi connectivity index (χ1n) is 5.96. The molecule has 0 aromatic heterocycles. The smallest absolute Gasteiger partial charge is 0.0992 e. The third-order valence-corrected chi connectivity index (χ3v) is 3.38. The molecule has 0 aliphatic carbocycles. The Hall–Kier alpha value is -1.08. The fourth-order valence-corrected chi connectivity index (χ4v) is 2.26. The maximum atomic E-state index is 8.75. The van der Waals surface area contributed by atoms with Crippen LogP contribution in [-0.4, -0.2) is 18.1 Å². The minimum absolute atomic E-state index is 0.608. The summed E-state index contributed by atoms with van der Waals surface area (Å²) in [5.74, 6) is 0. The molecule has 0 amide bonds. The van der Waals surface area contributed by atoms with Gasteiger partial charge < -0.3 is 0 Å². The molecule has 0 bridgehead atoms. The van der Waals surface area contributed by atoms with Gasteiger partial charge in [0, 0.05) is 24.7 Å². The van der Waals surface area contributed by atoms with E-state index in [4.69, 9.17) is 16.9 Å². The summed E-state index contributed by atoms with van der Waals surface area (Å²) >= 11 is 6.12. The van der Waals surface area contributed by atoms with E-state index in [9.17, 15) is 0 Å². The monoisotopic (exact) mass is 249 g/mol. The summed E-state index contributed by atoms with van der Waals surface area (Å²) in [5.41, 5.74) is 5.03. The Bertz CT molecular complexity index is 419. The Labute approximate surface area is 107 Å². The highest BCUT2D eigenvalue weighted by Crippen LogP contribution is 2.17. The molecule has 1 N–H and O–H groups in total. The average molecular weight is 250 g/mol. The number of nitrogens with zero attached hydrogens (tertiary/aromatic N) is 2. The number of hydrazine groups is 1. The lowest BCUT2D eigenvalue weighted by molar-refractivity contribution is 0.151. The van der Waals surface area contributed by atoms with E-state index in [1.807, 2.05) is 6.07 Å². The summed E-state index contributed by atoms with van der Waals surface area (Å²) < 4.78 is 0. The van der Waals surface area contributed by atoms with Crippen LogP contribution < -0.4 is 5.43 Å². The molecular weight excluding hydrogens is 234 g/mol. The number of nitrogens with one attached hydrogen (secondary N) is 1. The normalized spacial score (nSPS) is 16.7. The van der Waals surface area contributed by atoms with Gasteiger partial charge in [-0.1, -0.05) is 24.1 Å². The summed E-state index contributed by atoms with van der Waals surface area (Å²) in [7, 11) is 0. The van der Waals surface area contributed by atoms with Crippen LogP contribution in [0.3, 0.4) is 0 Å². The molecule has 0 atom stereocenters. The van der Waals surface area contributed by atoms with E-state index in [1.165, 1.54) is 19.3 Å². The second-order valence-corrected chi connectivity index (χ2v) is 4.71. The van der Waals surface area contributed by atoms with Crippen molar-refractivity contribution in [3.63, 3.8) is 0 Å². The molecule has 3 nitrogen and oxygen atoms in total. The minimum atomic E-state index is 0.608. The van der Waals surface area contributed by atoms with Crippen LogP contribution in [0.1, 0.15) is 30.4 Å². The highest BCUT2D eigenvalue weighted by Gasteiger charge is 2.10. The zero-order valence-corrected chi connectivity index (χ0v) is 10.5. The standard InChI is InChI=1S/C13H16ClN3/c14-13-8-11(9-15)4-5-12(13)10-16-17-6-2-1-3-7-17/h4-5,8,16H,1-3,6-7,10H2. The van der Waals surface area contributed by atoms with Gasteiger partial charge in [-0.3, -0.25) is 5.43 Å². The Morgan fingerprint density at radius 2 is 2.06 bits per heavy atom. The van der Waals surface area contributed by atoms with Gasteiger partial charge in [0.25, 0.3) is 0 Å². The molecular formula is C13H16ClN3. The lowest BCUT2D eigenvalue weighted by Crippen LogP contribution is -2.41. The van der Waals surface area contributed by atoms with Gasteiger partial charge in [-0.2, -0.15) is 5.26 Å². The number of benzene rings is 1. The first-order valence-corrected chi connectivity index (χ1v) is 6.34. The van der Waals surface area contributed by atoms with Crippen LogP contribution >= 0.6 is 11.6 Å². The topological polar surface area (TPSA) is 39.1 Å². The Balaban J connectivity index is 1.92. The predicted octanol–water partition coefficient (Wildman–Crippen LogP) is 2.70. The molecule has 2 rings (SSSR count). The summed E-state index contributed by atoms with van der Waals surface area (Å²) in [6.07, 6.45) is 3.85. The van der Waals surface area contributed by atoms with Crippen molar-refractivity contribution in [2.75, 3.05) is 13.1 Å². The van der Waals surface area contributed by atoms with E-state index in [1.54, 1.807) is 12.1 Å². The van der Waals surface area contributed by atoms with Crippen LogP contribution in [0.4, 0.5) is 0 Å². The Morgan fingerprint density at radius 1 is 1.29 bits per heavy atom. The van der Waals surface area contributed by atoms with Crippen molar-refractivity contribution in [2.45, 2.75) is 25.8 Å².